The lowest BCUT2D eigenvalue weighted by Crippen LogP contribution is -2.21. The Hall–Kier alpha value is 0.170. The summed E-state index contributed by atoms with van der Waals surface area (Å²) in [6, 6.07) is 0. The van der Waals surface area contributed by atoms with Crippen molar-refractivity contribution in [3.05, 3.63) is 0 Å². The summed E-state index contributed by atoms with van der Waals surface area (Å²) in [5.41, 5.74) is 0. The number of aliphatic hydroxyl groups is 1. The molecule has 0 aliphatic carbocycles. The normalized spacial score (nSPS) is 7.88. The predicted octanol–water partition coefficient (Wildman–Crippen LogP) is 3.36. The van der Waals surface area contributed by atoms with Crippen molar-refractivity contribution in [2.75, 3.05) is 31.6 Å². The Morgan fingerprint density at radius 1 is 1.00 bits per heavy atom. The molecule has 0 aromatic carbocycles. The zero-order valence-corrected chi connectivity index (χ0v) is 13.6. The SMILES string of the molecule is CC(C)=O.CCN(CC)CC.CCO.ClCCl. The van der Waals surface area contributed by atoms with Crippen LogP contribution in [0.15, 0.2) is 0 Å². The summed E-state index contributed by atoms with van der Waals surface area (Å²) >= 11 is 9.53. The molecule has 1 N–H and O–H groups in total. The molecule has 0 fully saturated rings. The molecule has 0 radical (unpaired) electrons. The van der Waals surface area contributed by atoms with Crippen molar-refractivity contribution in [2.24, 2.45) is 0 Å². The van der Waals surface area contributed by atoms with Crippen molar-refractivity contribution in [3.63, 3.8) is 0 Å². The number of halogens is 2. The molecule has 3 nitrogen and oxygen atoms in total. The second-order valence-electron chi connectivity index (χ2n) is 2.94. The summed E-state index contributed by atoms with van der Waals surface area (Å²) in [6.45, 7) is 15.1. The van der Waals surface area contributed by atoms with E-state index in [2.05, 4.69) is 25.7 Å². The van der Waals surface area contributed by atoms with E-state index in [1.54, 1.807) is 6.92 Å². The number of alkyl halides is 2. The van der Waals surface area contributed by atoms with Gasteiger partial charge in [-0.3, -0.25) is 0 Å². The fourth-order valence-corrected chi connectivity index (χ4v) is 0.671. The van der Waals surface area contributed by atoms with Crippen LogP contribution >= 0.6 is 23.2 Å². The van der Waals surface area contributed by atoms with Crippen molar-refractivity contribution < 1.29 is 9.90 Å². The lowest BCUT2D eigenvalue weighted by atomic mass is 10.5. The first-order valence-electron chi connectivity index (χ1n) is 5.83. The molecular weight excluding hydrogens is 261 g/mol. The highest BCUT2D eigenvalue weighted by atomic mass is 35.5. The molecule has 0 heterocycles. The molecule has 0 aromatic rings. The third kappa shape index (κ3) is 85.3. The van der Waals surface area contributed by atoms with Gasteiger partial charge in [-0.25, -0.2) is 0 Å². The average molecular weight is 290 g/mol. The number of rotatable bonds is 3. The van der Waals surface area contributed by atoms with Crippen LogP contribution in [0.4, 0.5) is 0 Å². The van der Waals surface area contributed by atoms with Gasteiger partial charge in [0.25, 0.3) is 0 Å². The molecule has 0 unspecified atom stereocenters. The van der Waals surface area contributed by atoms with E-state index in [9.17, 15) is 4.79 Å². The lowest BCUT2D eigenvalue weighted by molar-refractivity contribution is -0.114. The number of ketones is 1. The summed E-state index contributed by atoms with van der Waals surface area (Å²) in [6.07, 6.45) is 0. The van der Waals surface area contributed by atoms with E-state index in [-0.39, 0.29) is 17.7 Å². The molecular formula is C12H29Cl2NO2. The monoisotopic (exact) mass is 289 g/mol. The molecule has 0 bridgehead atoms. The summed E-state index contributed by atoms with van der Waals surface area (Å²) in [5.74, 6) is 0.167. The van der Waals surface area contributed by atoms with Gasteiger partial charge in [0.2, 0.25) is 0 Å². The van der Waals surface area contributed by atoms with Gasteiger partial charge >= 0.3 is 0 Å². The fourth-order valence-electron chi connectivity index (χ4n) is 0.671. The first-order chi connectivity index (χ1) is 7.91. The summed E-state index contributed by atoms with van der Waals surface area (Å²) in [5, 5.41) is 7.76. The number of carbonyl (C=O) groups is 1. The second-order valence-corrected chi connectivity index (χ2v) is 3.75. The number of carbonyl (C=O) groups excluding carboxylic acids is 1. The number of Topliss-reactive ketones (excluding diaryl/α,β-unsaturated/α-hetero) is 1. The van der Waals surface area contributed by atoms with E-state index >= 15 is 0 Å². The number of nitrogens with zero attached hydrogens (tertiary/aromatic N) is 1. The average Bonchev–Trinajstić information content (AvgIpc) is 2.22. The predicted molar refractivity (Wildman–Crippen MR) is 79.1 cm³/mol. The highest BCUT2D eigenvalue weighted by Crippen LogP contribution is 1.81. The third-order valence-electron chi connectivity index (χ3n) is 1.34. The van der Waals surface area contributed by atoms with E-state index < -0.39 is 0 Å². The maximum absolute atomic E-state index is 9.44. The molecule has 0 atom stereocenters. The van der Waals surface area contributed by atoms with Crippen LogP contribution in [0.2, 0.25) is 0 Å². The summed E-state index contributed by atoms with van der Waals surface area (Å²) < 4.78 is 0. The Bertz CT molecular complexity index is 110. The molecule has 0 saturated carbocycles. The third-order valence-corrected chi connectivity index (χ3v) is 1.34. The molecule has 0 aromatic heterocycles. The minimum absolute atomic E-state index is 0.167. The summed E-state index contributed by atoms with van der Waals surface area (Å²) in [4.78, 5) is 11.8. The van der Waals surface area contributed by atoms with Crippen molar-refractivity contribution in [1.29, 1.82) is 0 Å². The molecule has 0 aliphatic rings. The van der Waals surface area contributed by atoms with E-state index in [0.717, 1.165) is 0 Å². The highest BCUT2D eigenvalue weighted by Gasteiger charge is 1.89. The minimum atomic E-state index is 0.167. The van der Waals surface area contributed by atoms with Gasteiger partial charge in [0.1, 0.15) is 5.78 Å². The quantitative estimate of drug-likeness (QED) is 0.810. The lowest BCUT2D eigenvalue weighted by Gasteiger charge is -2.13. The van der Waals surface area contributed by atoms with Crippen molar-refractivity contribution in [3.8, 4) is 0 Å². The standard InChI is InChI=1S/C6H15N.C3H6O.C2H6O.CH2Cl2/c1-4-7(5-2)6-3;1-3(2)4;1-2-3;2-1-3/h4-6H2,1-3H3;1-2H3;3H,2H2,1H3;1H2. The Morgan fingerprint density at radius 3 is 1.12 bits per heavy atom. The smallest absolute Gasteiger partial charge is 0.126 e. The van der Waals surface area contributed by atoms with Gasteiger partial charge in [0.05, 0.1) is 5.34 Å². The van der Waals surface area contributed by atoms with Crippen LogP contribution in [0.5, 0.6) is 0 Å². The first kappa shape index (κ1) is 25.9. The Labute approximate surface area is 117 Å². The van der Waals surface area contributed by atoms with Crippen molar-refractivity contribution in [2.45, 2.75) is 41.5 Å². The first-order valence-corrected chi connectivity index (χ1v) is 6.90. The number of hydrogen-bond acceptors (Lipinski definition) is 3. The van der Waals surface area contributed by atoms with Crippen LogP contribution in [-0.4, -0.2) is 47.4 Å². The van der Waals surface area contributed by atoms with E-state index in [0.29, 0.717) is 0 Å². The van der Waals surface area contributed by atoms with Crippen molar-refractivity contribution in [1.82, 2.24) is 4.90 Å². The molecule has 17 heavy (non-hydrogen) atoms. The molecule has 0 spiro atoms. The van der Waals surface area contributed by atoms with E-state index in [1.807, 2.05) is 0 Å². The molecule has 5 heteroatoms. The Morgan fingerprint density at radius 2 is 1.12 bits per heavy atom. The van der Waals surface area contributed by atoms with Gasteiger partial charge in [-0.1, -0.05) is 20.8 Å². The zero-order valence-electron chi connectivity index (χ0n) is 12.1. The minimum Gasteiger partial charge on any atom is -0.397 e. The van der Waals surface area contributed by atoms with Gasteiger partial charge in [0, 0.05) is 6.61 Å². The number of aliphatic hydroxyl groups excluding tert-OH is 1. The van der Waals surface area contributed by atoms with Gasteiger partial charge < -0.3 is 14.8 Å². The maximum atomic E-state index is 9.44. The molecule has 108 valence electrons. The highest BCUT2D eigenvalue weighted by molar-refractivity contribution is 6.40. The van der Waals surface area contributed by atoms with Crippen molar-refractivity contribution >= 4 is 29.0 Å². The van der Waals surface area contributed by atoms with Crippen LogP contribution in [0.1, 0.15) is 41.5 Å². The Balaban J connectivity index is -0.0000000726. The summed E-state index contributed by atoms with van der Waals surface area (Å²) in [7, 11) is 0. The second kappa shape index (κ2) is 29.8. The molecule has 0 rings (SSSR count). The molecule has 0 aliphatic heterocycles. The fraction of sp³-hybridized carbons (Fsp3) is 0.917. The van der Waals surface area contributed by atoms with Crippen LogP contribution in [0.3, 0.4) is 0 Å². The largest absolute Gasteiger partial charge is 0.397 e. The molecule has 0 amide bonds. The van der Waals surface area contributed by atoms with Crippen LogP contribution < -0.4 is 0 Å². The Kier molecular flexibility index (Phi) is 45.4. The topological polar surface area (TPSA) is 40.5 Å². The van der Waals surface area contributed by atoms with Gasteiger partial charge in [0.15, 0.2) is 0 Å². The van der Waals surface area contributed by atoms with Gasteiger partial charge in [-0.2, -0.15) is 0 Å². The van der Waals surface area contributed by atoms with E-state index in [4.69, 9.17) is 28.3 Å². The van der Waals surface area contributed by atoms with E-state index in [1.165, 1.54) is 33.5 Å². The van der Waals surface area contributed by atoms with Gasteiger partial charge in [-0.15, -0.1) is 23.2 Å². The molecule has 0 saturated heterocycles. The van der Waals surface area contributed by atoms with Crippen LogP contribution in [-0.2, 0) is 4.79 Å². The number of hydrogen-bond donors (Lipinski definition) is 1. The van der Waals surface area contributed by atoms with Crippen LogP contribution in [0, 0.1) is 0 Å². The zero-order chi connectivity index (χ0) is 14.7. The maximum Gasteiger partial charge on any atom is 0.126 e. The van der Waals surface area contributed by atoms with Crippen LogP contribution in [0.25, 0.3) is 0 Å². The van der Waals surface area contributed by atoms with Gasteiger partial charge in [-0.05, 0) is 40.4 Å².